The lowest BCUT2D eigenvalue weighted by molar-refractivity contribution is -0.00342. The highest BCUT2D eigenvalue weighted by Gasteiger charge is 2.49. The summed E-state index contributed by atoms with van der Waals surface area (Å²) in [6.07, 6.45) is 6.57. The van der Waals surface area contributed by atoms with Gasteiger partial charge in [-0.05, 0) is 125 Å². The van der Waals surface area contributed by atoms with Crippen molar-refractivity contribution < 1.29 is 14.2 Å². The van der Waals surface area contributed by atoms with Gasteiger partial charge in [-0.3, -0.25) is 0 Å². The molecular weight excluding hydrogens is 534 g/mol. The smallest absolute Gasteiger partial charge is 0.173 e. The predicted octanol–water partition coefficient (Wildman–Crippen LogP) is 9.28. The molecule has 0 aliphatic heterocycles. The fraction of sp³-hybridized carbons (Fsp3) is 0.351. The van der Waals surface area contributed by atoms with Crippen molar-refractivity contribution in [3.63, 3.8) is 0 Å². The normalized spacial score (nSPS) is 23.7. The highest BCUT2D eigenvalue weighted by Crippen LogP contribution is 2.62. The standard InChI is InChI=1S/C37H41N3O3/c1-20-28(38)7-4-10-31(20)41-34-19-36(43-33-12-6-9-30(40)22(33)3)35(42-32-11-5-8-29(39)21(32)2)18-27(34)37-25-14-23-13-24(16-25)17-26(37)15-23/h4-12,18-19,23-26,37H,13-17,38-40H2,1-3H3. The van der Waals surface area contributed by atoms with Crippen LogP contribution in [0.2, 0.25) is 0 Å². The van der Waals surface area contributed by atoms with Crippen molar-refractivity contribution in [2.75, 3.05) is 17.2 Å². The van der Waals surface area contributed by atoms with Crippen LogP contribution in [0.1, 0.15) is 60.3 Å². The van der Waals surface area contributed by atoms with E-state index in [9.17, 15) is 0 Å². The molecule has 0 radical (unpaired) electrons. The Labute approximate surface area is 254 Å². The fourth-order valence-electron chi connectivity index (χ4n) is 8.08. The van der Waals surface area contributed by atoms with Crippen LogP contribution >= 0.6 is 0 Å². The van der Waals surface area contributed by atoms with Crippen LogP contribution in [0.5, 0.6) is 34.5 Å². The average Bonchev–Trinajstić information content (AvgIpc) is 2.97. The van der Waals surface area contributed by atoms with Crippen LogP contribution in [0.4, 0.5) is 17.1 Å². The molecule has 0 amide bonds. The lowest BCUT2D eigenvalue weighted by Crippen LogP contribution is -2.43. The Hall–Kier alpha value is -4.32. The molecule has 43 heavy (non-hydrogen) atoms. The third kappa shape index (κ3) is 5.03. The summed E-state index contributed by atoms with van der Waals surface area (Å²) in [5.74, 6) is 7.50. The van der Waals surface area contributed by atoms with Crippen LogP contribution in [-0.4, -0.2) is 0 Å². The van der Waals surface area contributed by atoms with E-state index in [1.807, 2.05) is 81.4 Å². The van der Waals surface area contributed by atoms with Crippen LogP contribution in [0.15, 0.2) is 66.7 Å². The second-order valence-electron chi connectivity index (χ2n) is 13.0. The highest BCUT2D eigenvalue weighted by atomic mass is 16.5. The largest absolute Gasteiger partial charge is 0.457 e. The van der Waals surface area contributed by atoms with E-state index in [1.165, 1.54) is 37.7 Å². The Morgan fingerprint density at radius 2 is 0.884 bits per heavy atom. The Morgan fingerprint density at radius 1 is 0.488 bits per heavy atom. The van der Waals surface area contributed by atoms with Gasteiger partial charge in [0, 0.05) is 45.4 Å². The fourth-order valence-corrected chi connectivity index (χ4v) is 8.08. The first-order valence-corrected chi connectivity index (χ1v) is 15.5. The van der Waals surface area contributed by atoms with E-state index < -0.39 is 0 Å². The van der Waals surface area contributed by atoms with Crippen LogP contribution in [-0.2, 0) is 0 Å². The molecule has 0 atom stereocenters. The first kappa shape index (κ1) is 27.5. The average molecular weight is 576 g/mol. The number of rotatable bonds is 7. The van der Waals surface area contributed by atoms with Crippen molar-refractivity contribution in [3.05, 3.63) is 89.0 Å². The third-order valence-corrected chi connectivity index (χ3v) is 10.3. The molecule has 8 rings (SSSR count). The zero-order valence-corrected chi connectivity index (χ0v) is 25.2. The number of ether oxygens (including phenoxy) is 3. The Bertz CT molecular complexity index is 1670. The van der Waals surface area contributed by atoms with Gasteiger partial charge in [0.15, 0.2) is 11.5 Å². The molecule has 4 aromatic carbocycles. The second kappa shape index (κ2) is 10.7. The second-order valence-corrected chi connectivity index (χ2v) is 13.0. The first-order valence-electron chi connectivity index (χ1n) is 15.5. The molecule has 4 fully saturated rings. The maximum atomic E-state index is 6.80. The SMILES string of the molecule is Cc1c(N)cccc1Oc1cc(Oc2cccc(N)c2C)c(C2C3CC4CC(C3)CC2C4)cc1Oc1cccc(N)c1C. The first-order chi connectivity index (χ1) is 20.7. The summed E-state index contributed by atoms with van der Waals surface area (Å²) < 4.78 is 20.1. The minimum atomic E-state index is 0.400. The van der Waals surface area contributed by atoms with Crippen LogP contribution in [0.25, 0.3) is 0 Å². The topological polar surface area (TPSA) is 106 Å². The van der Waals surface area contributed by atoms with Crippen molar-refractivity contribution >= 4 is 17.1 Å². The number of hydrogen-bond donors (Lipinski definition) is 3. The minimum Gasteiger partial charge on any atom is -0.457 e. The van der Waals surface area contributed by atoms with E-state index in [2.05, 4.69) is 6.07 Å². The van der Waals surface area contributed by atoms with Crippen molar-refractivity contribution in [1.82, 2.24) is 0 Å². The molecule has 4 aliphatic rings. The summed E-state index contributed by atoms with van der Waals surface area (Å²) in [5, 5.41) is 0. The monoisotopic (exact) mass is 575 g/mol. The summed E-state index contributed by atoms with van der Waals surface area (Å²) >= 11 is 0. The van der Waals surface area contributed by atoms with Gasteiger partial charge in [-0.1, -0.05) is 18.2 Å². The number of nitrogens with two attached hydrogens (primary N) is 3. The van der Waals surface area contributed by atoms with Crippen LogP contribution < -0.4 is 31.4 Å². The molecule has 0 spiro atoms. The van der Waals surface area contributed by atoms with Crippen molar-refractivity contribution in [1.29, 1.82) is 0 Å². The molecule has 222 valence electrons. The summed E-state index contributed by atoms with van der Waals surface area (Å²) in [5.41, 5.74) is 24.8. The molecule has 4 aromatic rings. The number of nitrogen functional groups attached to an aromatic ring is 3. The van der Waals surface area contributed by atoms with E-state index in [0.717, 1.165) is 40.0 Å². The Kier molecular flexibility index (Phi) is 6.88. The molecule has 6 N–H and O–H groups in total. The predicted molar refractivity (Wildman–Crippen MR) is 173 cm³/mol. The third-order valence-electron chi connectivity index (χ3n) is 10.3. The van der Waals surface area contributed by atoms with Crippen molar-refractivity contribution in [3.8, 4) is 34.5 Å². The zero-order valence-electron chi connectivity index (χ0n) is 25.2. The van der Waals surface area contributed by atoms with Gasteiger partial charge in [-0.15, -0.1) is 0 Å². The summed E-state index contributed by atoms with van der Waals surface area (Å²) in [6, 6.07) is 21.5. The van der Waals surface area contributed by atoms with Gasteiger partial charge in [0.1, 0.15) is 23.0 Å². The van der Waals surface area contributed by atoms with Gasteiger partial charge in [-0.2, -0.15) is 0 Å². The van der Waals surface area contributed by atoms with E-state index in [-0.39, 0.29) is 0 Å². The summed E-state index contributed by atoms with van der Waals surface area (Å²) in [6.45, 7) is 5.94. The zero-order chi connectivity index (χ0) is 29.8. The quantitative estimate of drug-likeness (QED) is 0.190. The van der Waals surface area contributed by atoms with Gasteiger partial charge in [0.2, 0.25) is 0 Å². The number of hydrogen-bond acceptors (Lipinski definition) is 6. The van der Waals surface area contributed by atoms with E-state index in [4.69, 9.17) is 31.4 Å². The molecule has 0 saturated heterocycles. The molecule has 4 saturated carbocycles. The van der Waals surface area contributed by atoms with Gasteiger partial charge in [0.25, 0.3) is 0 Å². The van der Waals surface area contributed by atoms with Gasteiger partial charge < -0.3 is 31.4 Å². The van der Waals surface area contributed by atoms with Crippen LogP contribution in [0, 0.1) is 44.4 Å². The van der Waals surface area contributed by atoms with Crippen LogP contribution in [0.3, 0.4) is 0 Å². The lowest BCUT2D eigenvalue weighted by atomic mass is 9.50. The van der Waals surface area contributed by atoms with Crippen molar-refractivity contribution in [2.24, 2.45) is 23.7 Å². The van der Waals surface area contributed by atoms with E-state index >= 15 is 0 Å². The van der Waals surface area contributed by atoms with E-state index in [0.29, 0.717) is 57.8 Å². The molecule has 6 nitrogen and oxygen atoms in total. The molecule has 4 aliphatic carbocycles. The van der Waals surface area contributed by atoms with Gasteiger partial charge in [0.05, 0.1) is 0 Å². The Morgan fingerprint density at radius 3 is 1.33 bits per heavy atom. The summed E-state index contributed by atoms with van der Waals surface area (Å²) in [4.78, 5) is 0. The molecule has 0 aromatic heterocycles. The molecule has 0 unspecified atom stereocenters. The molecule has 6 heteroatoms. The maximum Gasteiger partial charge on any atom is 0.173 e. The van der Waals surface area contributed by atoms with Gasteiger partial charge in [-0.25, -0.2) is 0 Å². The molecular formula is C37H41N3O3. The molecule has 4 bridgehead atoms. The Balaban J connectivity index is 1.40. The highest BCUT2D eigenvalue weighted by molar-refractivity contribution is 5.62. The number of benzene rings is 4. The summed E-state index contributed by atoms with van der Waals surface area (Å²) in [7, 11) is 0. The number of anilines is 3. The maximum absolute atomic E-state index is 6.80. The minimum absolute atomic E-state index is 0.400. The molecule has 0 heterocycles. The van der Waals surface area contributed by atoms with E-state index in [1.54, 1.807) is 0 Å². The van der Waals surface area contributed by atoms with Crippen molar-refractivity contribution in [2.45, 2.75) is 58.8 Å². The van der Waals surface area contributed by atoms with Gasteiger partial charge >= 0.3 is 0 Å². The lowest BCUT2D eigenvalue weighted by Gasteiger charge is -2.54.